The number of hydrogen-bond acceptors (Lipinski definition) is 4. The first-order chi connectivity index (χ1) is 10.5. The molecule has 1 aromatic heterocycles. The molecule has 1 heterocycles. The summed E-state index contributed by atoms with van der Waals surface area (Å²) in [5.41, 5.74) is 1.23. The fraction of sp³-hybridized carbons (Fsp3) is 0.333. The van der Waals surface area contributed by atoms with E-state index < -0.39 is 5.82 Å². The Morgan fingerprint density at radius 2 is 2.27 bits per heavy atom. The number of amides is 1. The Hall–Kier alpha value is -1.47. The van der Waals surface area contributed by atoms with Gasteiger partial charge in [-0.15, -0.1) is 0 Å². The number of hydrogen-bond donors (Lipinski definition) is 1. The normalized spacial score (nSPS) is 19.8. The van der Waals surface area contributed by atoms with Gasteiger partial charge in [0.25, 0.3) is 0 Å². The van der Waals surface area contributed by atoms with Gasteiger partial charge >= 0.3 is 0 Å². The highest BCUT2D eigenvalue weighted by molar-refractivity contribution is 9.10. The summed E-state index contributed by atoms with van der Waals surface area (Å²) in [6, 6.07) is 4.66. The van der Waals surface area contributed by atoms with Crippen molar-refractivity contribution >= 4 is 38.4 Å². The molecule has 1 aliphatic rings. The van der Waals surface area contributed by atoms with Gasteiger partial charge < -0.3 is 10.1 Å². The van der Waals surface area contributed by atoms with Crippen LogP contribution in [0.4, 0.5) is 9.39 Å². The molecule has 22 heavy (non-hydrogen) atoms. The van der Waals surface area contributed by atoms with Gasteiger partial charge in [0.15, 0.2) is 11.6 Å². The van der Waals surface area contributed by atoms with E-state index in [0.717, 1.165) is 6.42 Å². The van der Waals surface area contributed by atoms with Crippen molar-refractivity contribution in [2.45, 2.75) is 13.3 Å². The Balaban J connectivity index is 1.83. The van der Waals surface area contributed by atoms with Crippen LogP contribution < -0.4 is 10.1 Å². The van der Waals surface area contributed by atoms with Crippen LogP contribution in [0, 0.1) is 17.7 Å². The van der Waals surface area contributed by atoms with Gasteiger partial charge in [-0.3, -0.25) is 4.79 Å². The van der Waals surface area contributed by atoms with E-state index in [9.17, 15) is 9.18 Å². The molecule has 1 N–H and O–H groups in total. The Morgan fingerprint density at radius 1 is 1.55 bits per heavy atom. The van der Waals surface area contributed by atoms with Crippen molar-refractivity contribution in [3.8, 4) is 17.0 Å². The first-order valence-electron chi connectivity index (χ1n) is 6.81. The number of halogens is 2. The Bertz CT molecular complexity index is 734. The maximum atomic E-state index is 13.8. The summed E-state index contributed by atoms with van der Waals surface area (Å²) < 4.78 is 23.7. The lowest BCUT2D eigenvalue weighted by molar-refractivity contribution is -0.117. The van der Waals surface area contributed by atoms with Crippen molar-refractivity contribution in [2.24, 2.45) is 11.8 Å². The number of anilines is 1. The van der Waals surface area contributed by atoms with Crippen molar-refractivity contribution in [3.05, 3.63) is 28.5 Å². The number of carbonyl (C=O) groups is 1. The Labute approximate surface area is 140 Å². The molecule has 1 amide bonds. The van der Waals surface area contributed by atoms with Gasteiger partial charge in [-0.25, -0.2) is 4.39 Å². The molecule has 0 saturated heterocycles. The van der Waals surface area contributed by atoms with Gasteiger partial charge in [-0.2, -0.15) is 4.37 Å². The van der Waals surface area contributed by atoms with Gasteiger partial charge in [-0.1, -0.05) is 6.92 Å². The molecule has 1 aromatic carbocycles. The minimum absolute atomic E-state index is 0.0179. The SMILES string of the molecule is COc1ccc(-c2nsc(NC(=O)[C@@H]3CC3C)c2Br)cc1F. The zero-order valence-corrected chi connectivity index (χ0v) is 14.4. The molecule has 0 radical (unpaired) electrons. The minimum Gasteiger partial charge on any atom is -0.494 e. The molecule has 1 aliphatic carbocycles. The maximum Gasteiger partial charge on any atom is 0.228 e. The zero-order chi connectivity index (χ0) is 15.9. The van der Waals surface area contributed by atoms with Crippen molar-refractivity contribution in [1.29, 1.82) is 0 Å². The summed E-state index contributed by atoms with van der Waals surface area (Å²) in [4.78, 5) is 12.0. The average molecular weight is 385 g/mol. The number of aromatic nitrogens is 1. The molecular formula is C15H14BrFN2O2S. The second-order valence-corrected chi connectivity index (χ2v) is 6.90. The van der Waals surface area contributed by atoms with Crippen LogP contribution >= 0.6 is 27.5 Å². The fourth-order valence-electron chi connectivity index (χ4n) is 2.24. The number of nitrogens with zero attached hydrogens (tertiary/aromatic N) is 1. The molecule has 7 heteroatoms. The lowest BCUT2D eigenvalue weighted by Gasteiger charge is -2.04. The number of nitrogens with one attached hydrogen (secondary N) is 1. The van der Waals surface area contributed by atoms with Crippen LogP contribution in [0.2, 0.25) is 0 Å². The number of benzene rings is 1. The van der Waals surface area contributed by atoms with Crippen LogP contribution in [-0.2, 0) is 4.79 Å². The van der Waals surface area contributed by atoms with Gasteiger partial charge in [0.2, 0.25) is 5.91 Å². The van der Waals surface area contributed by atoms with Gasteiger partial charge in [0.1, 0.15) is 10.7 Å². The second kappa shape index (κ2) is 5.96. The monoisotopic (exact) mass is 384 g/mol. The van der Waals surface area contributed by atoms with Crippen molar-refractivity contribution in [3.63, 3.8) is 0 Å². The summed E-state index contributed by atoms with van der Waals surface area (Å²) in [5, 5.41) is 3.53. The molecule has 1 unspecified atom stereocenters. The van der Waals surface area contributed by atoms with E-state index in [1.165, 1.54) is 24.7 Å². The average Bonchev–Trinajstić information content (AvgIpc) is 3.12. The predicted molar refractivity (Wildman–Crippen MR) is 87.7 cm³/mol. The van der Waals surface area contributed by atoms with Gasteiger partial charge in [0, 0.05) is 11.5 Å². The summed E-state index contributed by atoms with van der Waals surface area (Å²) >= 11 is 4.62. The molecule has 116 valence electrons. The van der Waals surface area contributed by atoms with E-state index in [2.05, 4.69) is 32.5 Å². The van der Waals surface area contributed by atoms with Gasteiger partial charge in [0.05, 0.1) is 11.6 Å². The highest BCUT2D eigenvalue weighted by atomic mass is 79.9. The minimum atomic E-state index is -0.447. The number of rotatable bonds is 4. The topological polar surface area (TPSA) is 51.2 Å². The molecule has 2 atom stereocenters. The third-order valence-corrected chi connectivity index (χ3v) is 5.54. The van der Waals surface area contributed by atoms with Crippen LogP contribution in [0.15, 0.2) is 22.7 Å². The fourth-order valence-corrected chi connectivity index (χ4v) is 3.70. The Morgan fingerprint density at radius 3 is 2.86 bits per heavy atom. The van der Waals surface area contributed by atoms with E-state index in [-0.39, 0.29) is 17.6 Å². The van der Waals surface area contributed by atoms with Crippen molar-refractivity contribution in [1.82, 2.24) is 4.37 Å². The summed E-state index contributed by atoms with van der Waals surface area (Å²) in [5.74, 6) is 0.297. The van der Waals surface area contributed by atoms with Gasteiger partial charge in [-0.05, 0) is 58.0 Å². The standard InChI is InChI=1S/C15H14BrFN2O2S/c1-7-5-9(7)14(20)18-15-12(16)13(19-22-15)8-3-4-11(21-2)10(17)6-8/h3-4,6-7,9H,5H2,1-2H3,(H,18,20)/t7?,9-/m1/s1. The molecular weight excluding hydrogens is 371 g/mol. The first kappa shape index (κ1) is 15.4. The summed E-state index contributed by atoms with van der Waals surface area (Å²) in [6.07, 6.45) is 0.929. The van der Waals surface area contributed by atoms with Crippen molar-refractivity contribution in [2.75, 3.05) is 12.4 Å². The molecule has 0 bridgehead atoms. The lowest BCUT2D eigenvalue weighted by Crippen LogP contribution is -2.13. The lowest BCUT2D eigenvalue weighted by atomic mass is 10.1. The predicted octanol–water partition coefficient (Wildman–Crippen LogP) is 4.31. The molecule has 1 saturated carbocycles. The quantitative estimate of drug-likeness (QED) is 0.853. The highest BCUT2D eigenvalue weighted by Crippen LogP contribution is 2.41. The van der Waals surface area contributed by atoms with E-state index >= 15 is 0 Å². The number of carbonyl (C=O) groups excluding carboxylic acids is 1. The van der Waals surface area contributed by atoms with E-state index in [1.807, 2.05) is 0 Å². The third-order valence-electron chi connectivity index (χ3n) is 3.74. The first-order valence-corrected chi connectivity index (χ1v) is 8.38. The molecule has 3 rings (SSSR count). The molecule has 1 fully saturated rings. The smallest absolute Gasteiger partial charge is 0.228 e. The van der Waals surface area contributed by atoms with E-state index in [0.29, 0.717) is 26.6 Å². The zero-order valence-electron chi connectivity index (χ0n) is 12.0. The third kappa shape index (κ3) is 2.87. The second-order valence-electron chi connectivity index (χ2n) is 5.33. The van der Waals surface area contributed by atoms with E-state index in [1.54, 1.807) is 12.1 Å². The van der Waals surface area contributed by atoms with Crippen LogP contribution in [-0.4, -0.2) is 17.4 Å². The number of methoxy groups -OCH3 is 1. The number of ether oxygens (including phenoxy) is 1. The molecule has 0 aliphatic heterocycles. The van der Waals surface area contributed by atoms with Crippen LogP contribution in [0.25, 0.3) is 11.3 Å². The van der Waals surface area contributed by atoms with Crippen LogP contribution in [0.5, 0.6) is 5.75 Å². The van der Waals surface area contributed by atoms with Crippen LogP contribution in [0.1, 0.15) is 13.3 Å². The Kier molecular flexibility index (Phi) is 4.18. The maximum absolute atomic E-state index is 13.8. The highest BCUT2D eigenvalue weighted by Gasteiger charge is 2.39. The summed E-state index contributed by atoms with van der Waals surface area (Å²) in [6.45, 7) is 2.05. The van der Waals surface area contributed by atoms with Crippen LogP contribution in [0.3, 0.4) is 0 Å². The molecule has 4 nitrogen and oxygen atoms in total. The molecule has 2 aromatic rings. The summed E-state index contributed by atoms with van der Waals surface area (Å²) in [7, 11) is 1.42. The van der Waals surface area contributed by atoms with Crippen molar-refractivity contribution < 1.29 is 13.9 Å². The molecule has 0 spiro atoms. The van der Waals surface area contributed by atoms with E-state index in [4.69, 9.17) is 4.74 Å². The largest absolute Gasteiger partial charge is 0.494 e.